The second-order valence-corrected chi connectivity index (χ2v) is 2.51. The average Bonchev–Trinajstić information content (AvgIpc) is 2.19. The van der Waals surface area contributed by atoms with Gasteiger partial charge in [0.25, 0.3) is 5.95 Å². The fourth-order valence-electron chi connectivity index (χ4n) is 0.987. The first-order valence-corrected chi connectivity index (χ1v) is 4.30. The van der Waals surface area contributed by atoms with Gasteiger partial charge in [0, 0.05) is 6.08 Å². The summed E-state index contributed by atoms with van der Waals surface area (Å²) in [6.45, 7) is 2.55. The zero-order valence-corrected chi connectivity index (χ0v) is 7.99. The summed E-state index contributed by atoms with van der Waals surface area (Å²) >= 11 is 0. The normalized spacial score (nSPS) is 11.1. The van der Waals surface area contributed by atoms with E-state index in [9.17, 15) is 0 Å². The van der Waals surface area contributed by atoms with Gasteiger partial charge in [-0.3, -0.25) is 0 Å². The van der Waals surface area contributed by atoms with E-state index in [1.54, 1.807) is 7.11 Å². The molecular formula is C11H14O2. The van der Waals surface area contributed by atoms with E-state index in [0.29, 0.717) is 12.6 Å². The number of methoxy groups -OCH3 is 1. The molecule has 0 saturated carbocycles. The maximum atomic E-state index is 5.23. The van der Waals surface area contributed by atoms with Gasteiger partial charge in [-0.1, -0.05) is 30.3 Å². The van der Waals surface area contributed by atoms with Crippen LogP contribution in [0.5, 0.6) is 0 Å². The van der Waals surface area contributed by atoms with E-state index in [4.69, 9.17) is 9.47 Å². The minimum absolute atomic E-state index is 0.550. The molecule has 2 heteroatoms. The maximum absolute atomic E-state index is 5.23. The fraction of sp³-hybridized carbons (Fsp3) is 0.273. The van der Waals surface area contributed by atoms with Crippen molar-refractivity contribution in [1.82, 2.24) is 0 Å². The van der Waals surface area contributed by atoms with E-state index in [1.807, 2.05) is 43.3 Å². The molecule has 0 N–H and O–H groups in total. The van der Waals surface area contributed by atoms with Crippen LogP contribution in [0.4, 0.5) is 0 Å². The first kappa shape index (κ1) is 9.65. The highest BCUT2D eigenvalue weighted by molar-refractivity contribution is 5.49. The summed E-state index contributed by atoms with van der Waals surface area (Å²) in [4.78, 5) is 0. The highest BCUT2D eigenvalue weighted by Crippen LogP contribution is 2.07. The Morgan fingerprint density at radius 1 is 1.31 bits per heavy atom. The van der Waals surface area contributed by atoms with Crippen molar-refractivity contribution in [2.75, 3.05) is 13.7 Å². The van der Waals surface area contributed by atoms with Crippen molar-refractivity contribution in [1.29, 1.82) is 0 Å². The predicted octanol–water partition coefficient (Wildman–Crippen LogP) is 2.67. The molecule has 1 aromatic rings. The van der Waals surface area contributed by atoms with Gasteiger partial charge in [0.05, 0.1) is 13.7 Å². The van der Waals surface area contributed by atoms with E-state index in [0.717, 1.165) is 5.56 Å². The van der Waals surface area contributed by atoms with Crippen LogP contribution in [-0.4, -0.2) is 13.7 Å². The van der Waals surface area contributed by atoms with Gasteiger partial charge in [0.1, 0.15) is 0 Å². The Labute approximate surface area is 78.8 Å². The molecule has 0 spiro atoms. The van der Waals surface area contributed by atoms with Crippen LogP contribution in [0.3, 0.4) is 0 Å². The summed E-state index contributed by atoms with van der Waals surface area (Å²) in [5.74, 6) is 0.550. The Morgan fingerprint density at radius 3 is 2.54 bits per heavy atom. The number of hydrogen-bond donors (Lipinski definition) is 0. The number of benzene rings is 1. The van der Waals surface area contributed by atoms with Crippen molar-refractivity contribution in [2.45, 2.75) is 6.92 Å². The first-order valence-electron chi connectivity index (χ1n) is 4.30. The largest absolute Gasteiger partial charge is 0.469 e. The van der Waals surface area contributed by atoms with Crippen molar-refractivity contribution in [3.63, 3.8) is 0 Å². The molecule has 0 aliphatic rings. The summed E-state index contributed by atoms with van der Waals surface area (Å²) in [5.41, 5.74) is 1.08. The van der Waals surface area contributed by atoms with Crippen LogP contribution in [0.2, 0.25) is 0 Å². The highest BCUT2D eigenvalue weighted by atomic mass is 16.7. The van der Waals surface area contributed by atoms with Crippen molar-refractivity contribution >= 4 is 6.08 Å². The highest BCUT2D eigenvalue weighted by Gasteiger charge is 1.94. The van der Waals surface area contributed by atoms with Gasteiger partial charge >= 0.3 is 0 Å². The minimum Gasteiger partial charge on any atom is -0.469 e. The van der Waals surface area contributed by atoms with E-state index in [2.05, 4.69) is 0 Å². The van der Waals surface area contributed by atoms with Crippen LogP contribution in [0.25, 0.3) is 6.08 Å². The molecule has 0 atom stereocenters. The van der Waals surface area contributed by atoms with Gasteiger partial charge < -0.3 is 9.47 Å². The standard InChI is InChI=1S/C11H14O2/c1-3-13-11(12-2)9-10-7-5-4-6-8-10/h4-9H,3H2,1-2H3. The number of ether oxygens (including phenoxy) is 2. The lowest BCUT2D eigenvalue weighted by Gasteiger charge is -2.05. The molecule has 0 radical (unpaired) electrons. The van der Waals surface area contributed by atoms with Crippen LogP contribution in [-0.2, 0) is 9.47 Å². The third-order valence-corrected chi connectivity index (χ3v) is 1.57. The van der Waals surface area contributed by atoms with Gasteiger partial charge in [-0.05, 0) is 12.5 Å². The third kappa shape index (κ3) is 3.20. The van der Waals surface area contributed by atoms with Crippen LogP contribution >= 0.6 is 0 Å². The monoisotopic (exact) mass is 178 g/mol. The van der Waals surface area contributed by atoms with Gasteiger partial charge in [-0.15, -0.1) is 0 Å². The first-order chi connectivity index (χ1) is 6.36. The lowest BCUT2D eigenvalue weighted by Crippen LogP contribution is -1.93. The van der Waals surface area contributed by atoms with E-state index in [1.165, 1.54) is 0 Å². The molecule has 13 heavy (non-hydrogen) atoms. The average molecular weight is 178 g/mol. The molecule has 0 saturated heterocycles. The molecule has 0 aliphatic heterocycles. The fourth-order valence-corrected chi connectivity index (χ4v) is 0.987. The quantitative estimate of drug-likeness (QED) is 0.660. The molecule has 70 valence electrons. The molecule has 0 fully saturated rings. The van der Waals surface area contributed by atoms with Crippen molar-refractivity contribution in [2.24, 2.45) is 0 Å². The van der Waals surface area contributed by atoms with Gasteiger partial charge in [0.15, 0.2) is 0 Å². The molecular weight excluding hydrogens is 164 g/mol. The molecule has 0 aliphatic carbocycles. The molecule has 1 aromatic carbocycles. The number of hydrogen-bond acceptors (Lipinski definition) is 2. The van der Waals surface area contributed by atoms with Gasteiger partial charge in [-0.2, -0.15) is 0 Å². The summed E-state index contributed by atoms with van der Waals surface area (Å²) in [6.07, 6.45) is 1.86. The zero-order chi connectivity index (χ0) is 9.52. The van der Waals surface area contributed by atoms with E-state index < -0.39 is 0 Å². The van der Waals surface area contributed by atoms with Crippen molar-refractivity contribution < 1.29 is 9.47 Å². The SMILES string of the molecule is CCOC(=Cc1ccccc1)OC. The van der Waals surface area contributed by atoms with E-state index >= 15 is 0 Å². The van der Waals surface area contributed by atoms with Gasteiger partial charge in [-0.25, -0.2) is 0 Å². The predicted molar refractivity (Wildman–Crippen MR) is 53.1 cm³/mol. The van der Waals surface area contributed by atoms with Crippen LogP contribution in [0.15, 0.2) is 36.3 Å². The molecule has 0 aromatic heterocycles. The molecule has 0 heterocycles. The third-order valence-electron chi connectivity index (χ3n) is 1.57. The molecule has 0 bridgehead atoms. The summed E-state index contributed by atoms with van der Waals surface area (Å²) in [5, 5.41) is 0. The van der Waals surface area contributed by atoms with Crippen LogP contribution < -0.4 is 0 Å². The Morgan fingerprint density at radius 2 is 2.00 bits per heavy atom. The Balaban J connectivity index is 2.73. The van der Waals surface area contributed by atoms with Gasteiger partial charge in [0.2, 0.25) is 0 Å². The Hall–Kier alpha value is -1.44. The second-order valence-electron chi connectivity index (χ2n) is 2.51. The summed E-state index contributed by atoms with van der Waals surface area (Å²) in [7, 11) is 1.60. The van der Waals surface area contributed by atoms with Crippen LogP contribution in [0, 0.1) is 0 Å². The zero-order valence-electron chi connectivity index (χ0n) is 7.99. The summed E-state index contributed by atoms with van der Waals surface area (Å²) < 4.78 is 10.3. The minimum atomic E-state index is 0.550. The van der Waals surface area contributed by atoms with Crippen molar-refractivity contribution in [3.8, 4) is 0 Å². The smallest absolute Gasteiger partial charge is 0.279 e. The second kappa shape index (κ2) is 5.25. The van der Waals surface area contributed by atoms with Crippen LogP contribution in [0.1, 0.15) is 12.5 Å². The van der Waals surface area contributed by atoms with Crippen molar-refractivity contribution in [3.05, 3.63) is 41.8 Å². The van der Waals surface area contributed by atoms with E-state index in [-0.39, 0.29) is 0 Å². The lowest BCUT2D eigenvalue weighted by molar-refractivity contribution is 0.0733. The molecule has 0 unspecified atom stereocenters. The topological polar surface area (TPSA) is 18.5 Å². The molecule has 0 amide bonds. The Kier molecular flexibility index (Phi) is 3.89. The Bertz CT molecular complexity index is 265. The summed E-state index contributed by atoms with van der Waals surface area (Å²) in [6, 6.07) is 9.93. The molecule has 1 rings (SSSR count). The number of rotatable bonds is 4. The lowest BCUT2D eigenvalue weighted by atomic mass is 10.2. The molecule has 2 nitrogen and oxygen atoms in total. The maximum Gasteiger partial charge on any atom is 0.279 e.